The van der Waals surface area contributed by atoms with Gasteiger partial charge in [-0.25, -0.2) is 9.36 Å². The number of esters is 1. The molecule has 1 aliphatic heterocycles. The second-order valence-corrected chi connectivity index (χ2v) is 11.3. The number of aromatic amines is 1. The molecule has 1 aromatic heterocycles. The van der Waals surface area contributed by atoms with Crippen LogP contribution in [0.4, 0.5) is 0 Å². The average Bonchev–Trinajstić information content (AvgIpc) is 3.08. The van der Waals surface area contributed by atoms with E-state index in [-0.39, 0.29) is 18.9 Å². The van der Waals surface area contributed by atoms with Crippen LogP contribution in [-0.4, -0.2) is 51.7 Å². The van der Waals surface area contributed by atoms with Gasteiger partial charge in [-0.15, -0.1) is 0 Å². The first-order chi connectivity index (χ1) is 16.9. The van der Waals surface area contributed by atoms with E-state index < -0.39 is 55.1 Å². The lowest BCUT2D eigenvalue weighted by Crippen LogP contribution is -2.35. The smallest absolute Gasteiger partial charge is 0.380 e. The number of carbonyl (C=O) groups excluding carboxylic acids is 1. The standard InChI is InChI=1S/C24H33N2O9P/c1-14(2)33-23(29)16(4)13-36(31,35-18-9-7-6-8-10-18)32-12-19-20(27)17(5)22(34-19)26-11-15(3)21(28)25-24(26)30/h6-11,14,16-17,19-20,22,27H,12-13H2,1-5H3,(H,25,28,30)/t16-,17-,19+,20?,22+,36+/m1/s1. The number of para-hydroxylation sites is 1. The zero-order valence-corrected chi connectivity index (χ0v) is 21.8. The molecule has 11 nitrogen and oxygen atoms in total. The fraction of sp³-hybridized carbons (Fsp3) is 0.542. The lowest BCUT2D eigenvalue weighted by Gasteiger charge is -2.24. The molecule has 1 saturated heterocycles. The summed E-state index contributed by atoms with van der Waals surface area (Å²) in [5.41, 5.74) is -0.874. The number of nitrogens with one attached hydrogen (secondary N) is 1. The molecule has 0 amide bonds. The molecule has 0 spiro atoms. The minimum Gasteiger partial charge on any atom is -0.463 e. The zero-order valence-electron chi connectivity index (χ0n) is 21.0. The number of aryl methyl sites for hydroxylation is 1. The predicted octanol–water partition coefficient (Wildman–Crippen LogP) is 2.62. The van der Waals surface area contributed by atoms with Crippen LogP contribution in [0.1, 0.15) is 39.5 Å². The highest BCUT2D eigenvalue weighted by molar-refractivity contribution is 7.54. The number of aromatic nitrogens is 2. The molecule has 1 aliphatic rings. The van der Waals surface area contributed by atoms with Gasteiger partial charge in [-0.2, -0.15) is 0 Å². The molecule has 2 heterocycles. The van der Waals surface area contributed by atoms with Crippen molar-refractivity contribution in [3.8, 4) is 5.75 Å². The third-order valence-corrected chi connectivity index (χ3v) is 7.80. The van der Waals surface area contributed by atoms with Gasteiger partial charge in [-0.3, -0.25) is 23.7 Å². The number of nitrogens with zero attached hydrogens (tertiary/aromatic N) is 1. The second kappa shape index (κ2) is 11.6. The molecule has 2 N–H and O–H groups in total. The van der Waals surface area contributed by atoms with Crippen LogP contribution in [0.3, 0.4) is 0 Å². The topological polar surface area (TPSA) is 146 Å². The molecular formula is C24H33N2O9P. The van der Waals surface area contributed by atoms with Crippen LogP contribution in [0.15, 0.2) is 46.1 Å². The largest absolute Gasteiger partial charge is 0.463 e. The molecule has 198 valence electrons. The first kappa shape index (κ1) is 27.9. The second-order valence-electron chi connectivity index (χ2n) is 9.27. The Morgan fingerprint density at radius 2 is 1.89 bits per heavy atom. The lowest BCUT2D eigenvalue weighted by molar-refractivity contribution is -0.151. The van der Waals surface area contributed by atoms with E-state index in [1.54, 1.807) is 65.0 Å². The Balaban J connectivity index is 1.77. The summed E-state index contributed by atoms with van der Waals surface area (Å²) in [6.45, 7) is 7.91. The Kier molecular flexibility index (Phi) is 8.94. The first-order valence-electron chi connectivity index (χ1n) is 11.7. The van der Waals surface area contributed by atoms with E-state index >= 15 is 0 Å². The molecule has 1 fully saturated rings. The number of benzene rings is 1. The van der Waals surface area contributed by atoms with Gasteiger partial charge < -0.3 is 19.1 Å². The van der Waals surface area contributed by atoms with Crippen molar-refractivity contribution < 1.29 is 33.0 Å². The van der Waals surface area contributed by atoms with E-state index in [4.69, 9.17) is 18.5 Å². The Labute approximate surface area is 208 Å². The highest BCUT2D eigenvalue weighted by atomic mass is 31.2. The lowest BCUT2D eigenvalue weighted by atomic mass is 10.0. The summed E-state index contributed by atoms with van der Waals surface area (Å²) < 4.78 is 37.5. The van der Waals surface area contributed by atoms with Crippen LogP contribution in [-0.2, 0) is 23.4 Å². The number of aliphatic hydroxyl groups excluding tert-OH is 1. The van der Waals surface area contributed by atoms with Gasteiger partial charge in [0.2, 0.25) is 0 Å². The summed E-state index contributed by atoms with van der Waals surface area (Å²) in [5, 5.41) is 10.8. The van der Waals surface area contributed by atoms with Crippen LogP contribution >= 0.6 is 7.60 Å². The molecule has 2 aromatic rings. The number of H-pyrrole nitrogens is 1. The van der Waals surface area contributed by atoms with Crippen molar-refractivity contribution in [2.24, 2.45) is 11.8 Å². The van der Waals surface area contributed by atoms with Gasteiger partial charge in [0.15, 0.2) is 0 Å². The van der Waals surface area contributed by atoms with Crippen molar-refractivity contribution in [1.82, 2.24) is 9.55 Å². The van der Waals surface area contributed by atoms with E-state index in [1.165, 1.54) is 10.8 Å². The van der Waals surface area contributed by atoms with Gasteiger partial charge in [0, 0.05) is 17.7 Å². The molecule has 0 aliphatic carbocycles. The molecule has 1 unspecified atom stereocenters. The van der Waals surface area contributed by atoms with E-state index in [9.17, 15) is 24.1 Å². The number of ether oxygens (including phenoxy) is 2. The Morgan fingerprint density at radius 3 is 2.53 bits per heavy atom. The molecule has 3 rings (SSSR count). The van der Waals surface area contributed by atoms with Crippen LogP contribution in [0.25, 0.3) is 0 Å². The maximum absolute atomic E-state index is 13.7. The SMILES string of the molecule is Cc1cn([C@H]2O[C@@H](CO[P@@](=O)(C[C@@H](C)C(=O)OC(C)C)Oc3ccccc3)C(O)[C@H]2C)c(=O)[nH]c1=O. The molecular weight excluding hydrogens is 491 g/mol. The summed E-state index contributed by atoms with van der Waals surface area (Å²) in [6.07, 6.45) is -2.13. The van der Waals surface area contributed by atoms with E-state index in [1.807, 2.05) is 0 Å². The fourth-order valence-corrected chi connectivity index (χ4v) is 5.70. The van der Waals surface area contributed by atoms with Crippen molar-refractivity contribution in [3.05, 3.63) is 62.9 Å². The number of carbonyl (C=O) groups is 1. The molecule has 36 heavy (non-hydrogen) atoms. The van der Waals surface area contributed by atoms with Gasteiger partial charge in [0.1, 0.15) is 18.1 Å². The van der Waals surface area contributed by atoms with Crippen LogP contribution in [0.2, 0.25) is 0 Å². The van der Waals surface area contributed by atoms with Crippen molar-refractivity contribution in [3.63, 3.8) is 0 Å². The fourth-order valence-electron chi connectivity index (χ4n) is 3.83. The number of hydrogen-bond donors (Lipinski definition) is 2. The van der Waals surface area contributed by atoms with Gasteiger partial charge in [0.05, 0.1) is 30.9 Å². The maximum atomic E-state index is 13.7. The molecule has 0 radical (unpaired) electrons. The van der Waals surface area contributed by atoms with Gasteiger partial charge >= 0.3 is 19.3 Å². The number of aliphatic hydroxyl groups is 1. The Morgan fingerprint density at radius 1 is 1.22 bits per heavy atom. The monoisotopic (exact) mass is 524 g/mol. The summed E-state index contributed by atoms with van der Waals surface area (Å²) in [5.74, 6) is -1.58. The molecule has 0 saturated carbocycles. The predicted molar refractivity (Wildman–Crippen MR) is 131 cm³/mol. The Hall–Kier alpha value is -2.72. The highest BCUT2D eigenvalue weighted by Crippen LogP contribution is 2.51. The molecule has 1 aromatic carbocycles. The quantitative estimate of drug-likeness (QED) is 0.354. The summed E-state index contributed by atoms with van der Waals surface area (Å²) in [4.78, 5) is 38.6. The van der Waals surface area contributed by atoms with E-state index in [0.29, 0.717) is 11.3 Å². The van der Waals surface area contributed by atoms with Crippen molar-refractivity contribution >= 4 is 13.6 Å². The Bertz CT molecular complexity index is 1210. The zero-order chi connectivity index (χ0) is 26.6. The summed E-state index contributed by atoms with van der Waals surface area (Å²) in [6, 6.07) is 8.40. The number of hydrogen-bond acceptors (Lipinski definition) is 9. The molecule has 6 atom stereocenters. The summed E-state index contributed by atoms with van der Waals surface area (Å²) in [7, 11) is -3.92. The third-order valence-electron chi connectivity index (χ3n) is 5.78. The minimum absolute atomic E-state index is 0.256. The van der Waals surface area contributed by atoms with Crippen molar-refractivity contribution in [2.45, 2.75) is 59.2 Å². The van der Waals surface area contributed by atoms with Gasteiger partial charge in [-0.1, -0.05) is 32.0 Å². The van der Waals surface area contributed by atoms with Crippen LogP contribution < -0.4 is 15.8 Å². The third kappa shape index (κ3) is 6.73. The summed E-state index contributed by atoms with van der Waals surface area (Å²) >= 11 is 0. The maximum Gasteiger partial charge on any atom is 0.380 e. The van der Waals surface area contributed by atoms with Crippen LogP contribution in [0, 0.1) is 18.8 Å². The van der Waals surface area contributed by atoms with Gasteiger partial charge in [0.25, 0.3) is 5.56 Å². The highest BCUT2D eigenvalue weighted by Gasteiger charge is 2.44. The minimum atomic E-state index is -3.92. The van der Waals surface area contributed by atoms with E-state index in [2.05, 4.69) is 4.98 Å². The van der Waals surface area contributed by atoms with Crippen molar-refractivity contribution in [1.29, 1.82) is 0 Å². The molecule has 0 bridgehead atoms. The molecule has 12 heteroatoms. The van der Waals surface area contributed by atoms with E-state index in [0.717, 1.165) is 0 Å². The normalized spacial score (nSPS) is 24.3. The van der Waals surface area contributed by atoms with Crippen LogP contribution in [0.5, 0.6) is 5.75 Å². The first-order valence-corrected chi connectivity index (χ1v) is 13.5. The van der Waals surface area contributed by atoms with Gasteiger partial charge in [-0.05, 0) is 32.9 Å². The van der Waals surface area contributed by atoms with Crippen molar-refractivity contribution in [2.75, 3.05) is 12.8 Å². The average molecular weight is 525 g/mol. The number of rotatable bonds is 10.